The maximum absolute atomic E-state index is 11.4. The average Bonchev–Trinajstić information content (AvgIpc) is 2.40. The molecule has 106 valence electrons. The van der Waals surface area contributed by atoms with Crippen LogP contribution in [0, 0.1) is 3.57 Å². The topological polar surface area (TPSA) is 72.2 Å². The first-order valence-corrected chi connectivity index (χ1v) is 8.64. The second kappa shape index (κ2) is 6.11. The van der Waals surface area contributed by atoms with Crippen LogP contribution in [0.3, 0.4) is 0 Å². The minimum absolute atomic E-state index is 0.0207. The van der Waals surface area contributed by atoms with Crippen LogP contribution in [0.4, 0.5) is 5.69 Å². The van der Waals surface area contributed by atoms with E-state index < -0.39 is 10.0 Å². The molecule has 1 unspecified atom stereocenters. The number of para-hydroxylation sites is 1. The van der Waals surface area contributed by atoms with Gasteiger partial charge in [-0.05, 0) is 59.3 Å². The van der Waals surface area contributed by atoms with Gasteiger partial charge < -0.3 is 5.32 Å². The number of nitrogens with two attached hydrogens (primary N) is 1. The molecule has 0 fully saturated rings. The summed E-state index contributed by atoms with van der Waals surface area (Å²) in [6.45, 7) is 1.98. The highest BCUT2D eigenvalue weighted by molar-refractivity contribution is 14.1. The summed E-state index contributed by atoms with van der Waals surface area (Å²) < 4.78 is 23.9. The summed E-state index contributed by atoms with van der Waals surface area (Å²) in [4.78, 5) is 0.131. The molecule has 0 bridgehead atoms. The van der Waals surface area contributed by atoms with Gasteiger partial charge in [-0.15, -0.1) is 0 Å². The molecule has 3 N–H and O–H groups in total. The lowest BCUT2D eigenvalue weighted by atomic mass is 10.1. The third kappa shape index (κ3) is 3.71. The first-order valence-electron chi connectivity index (χ1n) is 6.02. The summed E-state index contributed by atoms with van der Waals surface area (Å²) in [5, 5.41) is 8.52. The predicted octanol–water partition coefficient (Wildman–Crippen LogP) is 3.11. The molecule has 0 saturated heterocycles. The molecule has 20 heavy (non-hydrogen) atoms. The minimum atomic E-state index is -3.67. The van der Waals surface area contributed by atoms with Gasteiger partial charge >= 0.3 is 0 Å². The molecule has 2 aromatic carbocycles. The average molecular weight is 402 g/mol. The molecule has 0 aliphatic heterocycles. The number of halogens is 1. The van der Waals surface area contributed by atoms with Crippen LogP contribution in [0.5, 0.6) is 0 Å². The van der Waals surface area contributed by atoms with Crippen molar-refractivity contribution in [1.29, 1.82) is 0 Å². The lowest BCUT2D eigenvalue weighted by molar-refractivity contribution is 0.597. The fourth-order valence-corrected chi connectivity index (χ4v) is 2.97. The van der Waals surface area contributed by atoms with Crippen LogP contribution in [0.1, 0.15) is 18.5 Å². The van der Waals surface area contributed by atoms with Crippen LogP contribution in [0.2, 0.25) is 0 Å². The second-order valence-corrected chi connectivity index (χ2v) is 7.19. The largest absolute Gasteiger partial charge is 0.378 e. The summed E-state index contributed by atoms with van der Waals surface area (Å²) in [5.74, 6) is 0. The van der Waals surface area contributed by atoms with Crippen LogP contribution in [0.15, 0.2) is 53.4 Å². The van der Waals surface area contributed by atoms with Crippen molar-refractivity contribution >= 4 is 38.3 Å². The van der Waals surface area contributed by atoms with Gasteiger partial charge in [-0.25, -0.2) is 13.6 Å². The van der Waals surface area contributed by atoms with Crippen LogP contribution in [-0.2, 0) is 10.0 Å². The van der Waals surface area contributed by atoms with Gasteiger partial charge in [0.1, 0.15) is 0 Å². The van der Waals surface area contributed by atoms with Gasteiger partial charge in [-0.2, -0.15) is 0 Å². The van der Waals surface area contributed by atoms with Crippen molar-refractivity contribution in [2.75, 3.05) is 5.32 Å². The molecule has 0 spiro atoms. The Hall–Kier alpha value is -1.12. The zero-order chi connectivity index (χ0) is 14.8. The van der Waals surface area contributed by atoms with E-state index in [0.29, 0.717) is 0 Å². The highest BCUT2D eigenvalue weighted by atomic mass is 127. The van der Waals surface area contributed by atoms with Crippen LogP contribution in [-0.4, -0.2) is 8.42 Å². The summed E-state index contributed by atoms with van der Waals surface area (Å²) in [7, 11) is -3.67. The quantitative estimate of drug-likeness (QED) is 0.773. The monoisotopic (exact) mass is 402 g/mol. The van der Waals surface area contributed by atoms with Gasteiger partial charge in [0.15, 0.2) is 0 Å². The number of rotatable bonds is 4. The molecule has 0 aromatic heterocycles. The molecule has 0 aliphatic carbocycles. The molecule has 0 amide bonds. The van der Waals surface area contributed by atoms with E-state index in [1.165, 1.54) is 6.07 Å². The fraction of sp³-hybridized carbons (Fsp3) is 0.143. The van der Waals surface area contributed by atoms with E-state index in [1.807, 2.05) is 37.3 Å². The summed E-state index contributed by atoms with van der Waals surface area (Å²) in [6, 6.07) is 14.6. The molecule has 0 aliphatic rings. The standard InChI is InChI=1S/C14H15IN2O2S/c1-10(17-14-8-3-2-7-13(14)15)11-5-4-6-12(9-11)20(16,18)19/h2-10,17H,1H3,(H2,16,18,19). The van der Waals surface area contributed by atoms with E-state index in [-0.39, 0.29) is 10.9 Å². The Balaban J connectivity index is 2.26. The Morgan fingerprint density at radius 3 is 2.50 bits per heavy atom. The number of hydrogen-bond acceptors (Lipinski definition) is 3. The lowest BCUT2D eigenvalue weighted by Crippen LogP contribution is -2.14. The van der Waals surface area contributed by atoms with E-state index in [1.54, 1.807) is 12.1 Å². The Kier molecular flexibility index (Phi) is 4.66. The number of hydrogen-bond donors (Lipinski definition) is 2. The van der Waals surface area contributed by atoms with Gasteiger partial charge in [0, 0.05) is 15.3 Å². The number of sulfonamides is 1. The molecule has 2 aromatic rings. The van der Waals surface area contributed by atoms with Crippen LogP contribution < -0.4 is 10.5 Å². The van der Waals surface area contributed by atoms with E-state index >= 15 is 0 Å². The summed E-state index contributed by atoms with van der Waals surface area (Å²) in [5.41, 5.74) is 1.89. The van der Waals surface area contributed by atoms with Crippen molar-refractivity contribution < 1.29 is 8.42 Å². The Morgan fingerprint density at radius 2 is 1.85 bits per heavy atom. The summed E-state index contributed by atoms with van der Waals surface area (Å²) in [6.07, 6.45) is 0. The first-order chi connectivity index (χ1) is 9.38. The van der Waals surface area contributed by atoms with Gasteiger partial charge in [0.05, 0.1) is 4.90 Å². The Morgan fingerprint density at radius 1 is 1.15 bits per heavy atom. The molecule has 6 heteroatoms. The van der Waals surface area contributed by atoms with Gasteiger partial charge in [0.2, 0.25) is 10.0 Å². The van der Waals surface area contributed by atoms with Crippen molar-refractivity contribution in [3.8, 4) is 0 Å². The molecule has 4 nitrogen and oxygen atoms in total. The maximum Gasteiger partial charge on any atom is 0.238 e. The molecule has 0 heterocycles. The third-order valence-corrected chi connectivity index (χ3v) is 4.78. The van der Waals surface area contributed by atoms with Crippen molar-refractivity contribution in [3.63, 3.8) is 0 Å². The van der Waals surface area contributed by atoms with Crippen molar-refractivity contribution in [2.24, 2.45) is 5.14 Å². The molecule has 0 saturated carbocycles. The number of primary sulfonamides is 1. The van der Waals surface area contributed by atoms with Gasteiger partial charge in [-0.1, -0.05) is 24.3 Å². The van der Waals surface area contributed by atoms with E-state index in [0.717, 1.165) is 14.8 Å². The lowest BCUT2D eigenvalue weighted by Gasteiger charge is -2.17. The van der Waals surface area contributed by atoms with Gasteiger partial charge in [0.25, 0.3) is 0 Å². The zero-order valence-electron chi connectivity index (χ0n) is 10.9. The minimum Gasteiger partial charge on any atom is -0.378 e. The van der Waals surface area contributed by atoms with E-state index in [4.69, 9.17) is 5.14 Å². The van der Waals surface area contributed by atoms with E-state index in [2.05, 4.69) is 27.9 Å². The van der Waals surface area contributed by atoms with Crippen molar-refractivity contribution in [3.05, 3.63) is 57.7 Å². The maximum atomic E-state index is 11.4. The first kappa shape index (κ1) is 15.3. The number of nitrogens with one attached hydrogen (secondary N) is 1. The molecule has 0 radical (unpaired) electrons. The fourth-order valence-electron chi connectivity index (χ4n) is 1.86. The van der Waals surface area contributed by atoms with E-state index in [9.17, 15) is 8.42 Å². The second-order valence-electron chi connectivity index (χ2n) is 4.46. The van der Waals surface area contributed by atoms with Crippen LogP contribution in [0.25, 0.3) is 0 Å². The highest BCUT2D eigenvalue weighted by Gasteiger charge is 2.12. The Bertz CT molecular complexity index is 717. The SMILES string of the molecule is CC(Nc1ccccc1I)c1cccc(S(N)(=O)=O)c1. The number of benzene rings is 2. The summed E-state index contributed by atoms with van der Waals surface area (Å²) >= 11 is 2.25. The smallest absolute Gasteiger partial charge is 0.238 e. The van der Waals surface area contributed by atoms with Gasteiger partial charge in [-0.3, -0.25) is 0 Å². The van der Waals surface area contributed by atoms with Crippen molar-refractivity contribution in [1.82, 2.24) is 0 Å². The Labute approximate surface area is 132 Å². The molecule has 1 atom stereocenters. The number of anilines is 1. The van der Waals surface area contributed by atoms with Crippen LogP contribution >= 0.6 is 22.6 Å². The molecular formula is C14H15IN2O2S. The molecular weight excluding hydrogens is 387 g/mol. The predicted molar refractivity (Wildman–Crippen MR) is 89.0 cm³/mol. The normalized spacial score (nSPS) is 12.9. The van der Waals surface area contributed by atoms with Crippen molar-refractivity contribution in [2.45, 2.75) is 17.9 Å². The third-order valence-electron chi connectivity index (χ3n) is 2.93. The highest BCUT2D eigenvalue weighted by Crippen LogP contribution is 2.24. The molecule has 2 rings (SSSR count). The zero-order valence-corrected chi connectivity index (χ0v) is 13.9.